The highest BCUT2D eigenvalue weighted by Crippen LogP contribution is 2.26. The third kappa shape index (κ3) is 5.73. The number of benzene rings is 1. The van der Waals surface area contributed by atoms with Crippen molar-refractivity contribution in [3.05, 3.63) is 52.9 Å². The van der Waals surface area contributed by atoms with Crippen LogP contribution < -0.4 is 4.74 Å². The van der Waals surface area contributed by atoms with Gasteiger partial charge in [-0.3, -0.25) is 9.59 Å². The predicted molar refractivity (Wildman–Crippen MR) is 110 cm³/mol. The van der Waals surface area contributed by atoms with Crippen LogP contribution in [-0.4, -0.2) is 48.2 Å². The zero-order valence-corrected chi connectivity index (χ0v) is 17.4. The Morgan fingerprint density at radius 1 is 1.13 bits per heavy atom. The third-order valence-electron chi connectivity index (χ3n) is 4.60. The van der Waals surface area contributed by atoms with Gasteiger partial charge in [-0.15, -0.1) is 0 Å². The molecule has 0 aliphatic carbocycles. The first kappa shape index (κ1) is 22.7. The molecule has 0 radical (unpaired) electrons. The normalized spacial score (nSPS) is 10.8. The topological polar surface area (TPSA) is 104 Å². The number of carbonyl (C=O) groups excluding carboxylic acids is 3. The summed E-state index contributed by atoms with van der Waals surface area (Å²) in [7, 11) is 2.75. The number of hydrogen-bond acceptors (Lipinski definition) is 7. The number of aryl methyl sites for hydroxylation is 1. The fourth-order valence-electron chi connectivity index (χ4n) is 2.96. The average molecular weight is 415 g/mol. The lowest BCUT2D eigenvalue weighted by atomic mass is 10.1. The van der Waals surface area contributed by atoms with E-state index in [1.807, 2.05) is 11.5 Å². The summed E-state index contributed by atoms with van der Waals surface area (Å²) in [5, 5.41) is 9.58. The fourth-order valence-corrected chi connectivity index (χ4v) is 2.96. The van der Waals surface area contributed by atoms with E-state index in [4.69, 9.17) is 9.47 Å². The zero-order valence-electron chi connectivity index (χ0n) is 17.4. The summed E-state index contributed by atoms with van der Waals surface area (Å²) < 4.78 is 16.5. The summed E-state index contributed by atoms with van der Waals surface area (Å²) >= 11 is 0. The molecule has 1 aromatic heterocycles. The number of methoxy groups -OCH3 is 2. The monoisotopic (exact) mass is 415 g/mol. The van der Waals surface area contributed by atoms with Crippen LogP contribution in [0.5, 0.6) is 11.5 Å². The minimum Gasteiger partial charge on any atom is -0.504 e. The quantitative estimate of drug-likeness (QED) is 0.381. The molecule has 0 unspecified atom stereocenters. The first-order chi connectivity index (χ1) is 14.3. The molecule has 0 amide bonds. The average Bonchev–Trinajstić information content (AvgIpc) is 3.02. The standard InChI is InChI=1S/C22H25NO7/c1-14-11-17(15(2)23(14)10-9-21(26)29-4)19(25)13-30-22(27)8-6-16-5-7-18(24)20(12-16)28-3/h5-8,11-12,24H,9-10,13H2,1-4H3/b8-6+. The third-order valence-corrected chi connectivity index (χ3v) is 4.60. The number of ether oxygens (including phenoxy) is 3. The Morgan fingerprint density at radius 2 is 1.87 bits per heavy atom. The zero-order chi connectivity index (χ0) is 22.3. The van der Waals surface area contributed by atoms with Crippen molar-refractivity contribution in [3.8, 4) is 11.5 Å². The lowest BCUT2D eigenvalue weighted by Crippen LogP contribution is -2.14. The van der Waals surface area contributed by atoms with E-state index in [9.17, 15) is 19.5 Å². The number of carbonyl (C=O) groups is 3. The fraction of sp³-hybridized carbons (Fsp3) is 0.318. The number of phenols is 1. The van der Waals surface area contributed by atoms with Gasteiger partial charge in [0.05, 0.1) is 20.6 Å². The van der Waals surface area contributed by atoms with Crippen LogP contribution in [0.25, 0.3) is 6.08 Å². The minimum absolute atomic E-state index is 0.00740. The lowest BCUT2D eigenvalue weighted by molar-refractivity contribution is -0.141. The first-order valence-electron chi connectivity index (χ1n) is 9.25. The van der Waals surface area contributed by atoms with Gasteiger partial charge < -0.3 is 23.9 Å². The summed E-state index contributed by atoms with van der Waals surface area (Å²) in [6.07, 6.45) is 2.88. The van der Waals surface area contributed by atoms with Crippen molar-refractivity contribution in [1.82, 2.24) is 4.57 Å². The maximum Gasteiger partial charge on any atom is 0.331 e. The van der Waals surface area contributed by atoms with E-state index in [1.165, 1.54) is 32.4 Å². The number of aromatic hydroxyl groups is 1. The Hall–Kier alpha value is -3.55. The molecule has 0 saturated carbocycles. The lowest BCUT2D eigenvalue weighted by Gasteiger charge is -2.09. The van der Waals surface area contributed by atoms with Gasteiger partial charge in [0.15, 0.2) is 18.1 Å². The largest absolute Gasteiger partial charge is 0.504 e. The molecule has 1 aromatic carbocycles. The summed E-state index contributed by atoms with van der Waals surface area (Å²) in [4.78, 5) is 35.8. The molecule has 1 N–H and O–H groups in total. The van der Waals surface area contributed by atoms with Crippen LogP contribution in [0.2, 0.25) is 0 Å². The summed E-state index contributed by atoms with van der Waals surface area (Å²) in [5.74, 6) is -1.06. The van der Waals surface area contributed by atoms with Gasteiger partial charge in [0.25, 0.3) is 0 Å². The van der Waals surface area contributed by atoms with Crippen molar-refractivity contribution >= 4 is 23.8 Å². The molecule has 30 heavy (non-hydrogen) atoms. The maximum absolute atomic E-state index is 12.5. The van der Waals surface area contributed by atoms with Crippen LogP contribution in [0.4, 0.5) is 0 Å². The van der Waals surface area contributed by atoms with Crippen LogP contribution in [0, 0.1) is 13.8 Å². The number of ketones is 1. The van der Waals surface area contributed by atoms with Gasteiger partial charge >= 0.3 is 11.9 Å². The van der Waals surface area contributed by atoms with E-state index in [1.54, 1.807) is 25.1 Å². The SMILES string of the molecule is COC(=O)CCn1c(C)cc(C(=O)COC(=O)/C=C/c2ccc(O)c(OC)c2)c1C. The highest BCUT2D eigenvalue weighted by molar-refractivity contribution is 6.00. The molecular formula is C22H25NO7. The Morgan fingerprint density at radius 3 is 2.53 bits per heavy atom. The summed E-state index contributed by atoms with van der Waals surface area (Å²) in [5.41, 5.74) is 2.59. The molecule has 1 heterocycles. The molecule has 2 rings (SSSR count). The van der Waals surface area contributed by atoms with Gasteiger partial charge in [0.2, 0.25) is 5.78 Å². The number of esters is 2. The number of aromatic nitrogens is 1. The summed E-state index contributed by atoms with van der Waals surface area (Å²) in [6.45, 7) is 3.61. The molecule has 0 spiro atoms. The predicted octanol–water partition coefficient (Wildman–Crippen LogP) is 2.82. The molecule has 0 saturated heterocycles. The van der Waals surface area contributed by atoms with Crippen molar-refractivity contribution in [3.63, 3.8) is 0 Å². The molecule has 0 aliphatic rings. The summed E-state index contributed by atoms with van der Waals surface area (Å²) in [6, 6.07) is 6.33. The number of phenolic OH excluding ortho intramolecular Hbond substituents is 1. The Labute approximate surface area is 174 Å². The molecule has 2 aromatic rings. The molecular weight excluding hydrogens is 390 g/mol. The molecule has 0 aliphatic heterocycles. The van der Waals surface area contributed by atoms with Crippen LogP contribution in [0.1, 0.15) is 33.7 Å². The second-order valence-electron chi connectivity index (χ2n) is 6.56. The van der Waals surface area contributed by atoms with Crippen LogP contribution >= 0.6 is 0 Å². The van der Waals surface area contributed by atoms with Crippen LogP contribution in [0.3, 0.4) is 0 Å². The number of hydrogen-bond donors (Lipinski definition) is 1. The van der Waals surface area contributed by atoms with Gasteiger partial charge in [0, 0.05) is 29.6 Å². The number of nitrogens with zero attached hydrogens (tertiary/aromatic N) is 1. The Balaban J connectivity index is 1.97. The second kappa shape index (κ2) is 10.3. The maximum atomic E-state index is 12.5. The minimum atomic E-state index is -0.671. The second-order valence-corrected chi connectivity index (χ2v) is 6.56. The van der Waals surface area contributed by atoms with Crippen LogP contribution in [-0.2, 0) is 25.6 Å². The van der Waals surface area contributed by atoms with Crippen molar-refractivity contribution in [2.45, 2.75) is 26.8 Å². The van der Waals surface area contributed by atoms with Crippen molar-refractivity contribution in [2.24, 2.45) is 0 Å². The molecule has 0 bridgehead atoms. The van der Waals surface area contributed by atoms with Gasteiger partial charge in [-0.05, 0) is 43.7 Å². The van der Waals surface area contributed by atoms with Crippen molar-refractivity contribution < 1.29 is 33.7 Å². The van der Waals surface area contributed by atoms with Gasteiger partial charge in [0.1, 0.15) is 0 Å². The van der Waals surface area contributed by atoms with E-state index < -0.39 is 12.6 Å². The first-order valence-corrected chi connectivity index (χ1v) is 9.25. The van der Waals surface area contributed by atoms with Gasteiger partial charge in [-0.2, -0.15) is 0 Å². The van der Waals surface area contributed by atoms with E-state index in [-0.39, 0.29) is 29.7 Å². The van der Waals surface area contributed by atoms with Gasteiger partial charge in [-0.25, -0.2) is 4.79 Å². The number of Topliss-reactive ketones (excluding diaryl/α,β-unsaturated/α-hetero) is 1. The highest BCUT2D eigenvalue weighted by Gasteiger charge is 2.17. The van der Waals surface area contributed by atoms with Crippen LogP contribution in [0.15, 0.2) is 30.3 Å². The van der Waals surface area contributed by atoms with E-state index in [2.05, 4.69) is 4.74 Å². The van der Waals surface area contributed by atoms with Crippen molar-refractivity contribution in [2.75, 3.05) is 20.8 Å². The molecule has 8 nitrogen and oxygen atoms in total. The Bertz CT molecular complexity index is 972. The van der Waals surface area contributed by atoms with E-state index in [0.29, 0.717) is 23.4 Å². The van der Waals surface area contributed by atoms with Gasteiger partial charge in [-0.1, -0.05) is 6.07 Å². The van der Waals surface area contributed by atoms with Crippen molar-refractivity contribution in [1.29, 1.82) is 0 Å². The number of rotatable bonds is 9. The molecule has 8 heteroatoms. The highest BCUT2D eigenvalue weighted by atomic mass is 16.5. The molecule has 0 atom stereocenters. The molecule has 0 fully saturated rings. The smallest absolute Gasteiger partial charge is 0.331 e. The van der Waals surface area contributed by atoms with E-state index in [0.717, 1.165) is 5.69 Å². The van der Waals surface area contributed by atoms with E-state index >= 15 is 0 Å². The Kier molecular flexibility index (Phi) is 7.80. The molecule has 160 valence electrons.